The molecular weight excluding hydrogens is 276 g/mol. The van der Waals surface area contributed by atoms with Gasteiger partial charge in [-0.1, -0.05) is 51.1 Å². The van der Waals surface area contributed by atoms with Gasteiger partial charge in [-0.3, -0.25) is 0 Å². The van der Waals surface area contributed by atoms with E-state index in [-0.39, 0.29) is 6.04 Å². The first kappa shape index (κ1) is 16.3. The Hall–Kier alpha value is -1.09. The predicted molar refractivity (Wildman–Crippen MR) is 94.3 cm³/mol. The Morgan fingerprint density at radius 2 is 1.90 bits per heavy atom. The third-order valence-corrected chi connectivity index (χ3v) is 4.61. The van der Waals surface area contributed by atoms with E-state index in [0.717, 1.165) is 11.0 Å². The number of hydrogen-bond acceptors (Lipinski definition) is 1. The maximum absolute atomic E-state index is 5.50. The van der Waals surface area contributed by atoms with Gasteiger partial charge in [-0.15, -0.1) is 0 Å². The van der Waals surface area contributed by atoms with Crippen LogP contribution in [0.15, 0.2) is 30.3 Å². The van der Waals surface area contributed by atoms with Crippen LogP contribution in [0.4, 0.5) is 0 Å². The number of benzene rings is 1. The minimum Gasteiger partial charge on any atom is -0.360 e. The smallest absolute Gasteiger partial charge is 0.166 e. The molecule has 0 aliphatic heterocycles. The first-order chi connectivity index (χ1) is 9.85. The molecule has 0 saturated heterocycles. The molecule has 0 bridgehead atoms. The maximum Gasteiger partial charge on any atom is 0.166 e. The van der Waals surface area contributed by atoms with Gasteiger partial charge in [0.2, 0.25) is 0 Å². The zero-order valence-electron chi connectivity index (χ0n) is 13.6. The van der Waals surface area contributed by atoms with E-state index in [0.29, 0.717) is 11.5 Å². The van der Waals surface area contributed by atoms with E-state index >= 15 is 0 Å². The number of thiocarbonyl (C=S) groups is 1. The molecule has 3 atom stereocenters. The Morgan fingerprint density at radius 3 is 2.52 bits per heavy atom. The number of rotatable bonds is 3. The monoisotopic (exact) mass is 304 g/mol. The molecule has 3 unspecified atom stereocenters. The third kappa shape index (κ3) is 4.99. The summed E-state index contributed by atoms with van der Waals surface area (Å²) in [5.74, 6) is 0.764. The van der Waals surface area contributed by atoms with Gasteiger partial charge >= 0.3 is 0 Å². The molecule has 2 rings (SSSR count). The molecule has 1 aliphatic carbocycles. The summed E-state index contributed by atoms with van der Waals surface area (Å²) in [6.45, 7) is 9.22. The van der Waals surface area contributed by atoms with Crippen LogP contribution in [0.3, 0.4) is 0 Å². The summed E-state index contributed by atoms with van der Waals surface area (Å²) in [4.78, 5) is 0. The summed E-state index contributed by atoms with van der Waals surface area (Å²) in [5, 5.41) is 7.71. The Balaban J connectivity index is 1.87. The normalized spacial score (nSPS) is 25.9. The van der Waals surface area contributed by atoms with Crippen LogP contribution >= 0.6 is 12.2 Å². The predicted octanol–water partition coefficient (Wildman–Crippen LogP) is 4.43. The SMILES string of the molecule is CC1CC(NC(=S)NC(C)c2ccccc2)CC(C)(C)C1. The second kappa shape index (κ2) is 6.78. The van der Waals surface area contributed by atoms with Crippen molar-refractivity contribution in [3.05, 3.63) is 35.9 Å². The van der Waals surface area contributed by atoms with Crippen molar-refractivity contribution in [1.29, 1.82) is 0 Å². The molecule has 0 spiro atoms. The van der Waals surface area contributed by atoms with Gasteiger partial charge in [0, 0.05) is 6.04 Å². The minimum absolute atomic E-state index is 0.236. The van der Waals surface area contributed by atoms with Gasteiger partial charge in [0.05, 0.1) is 6.04 Å². The van der Waals surface area contributed by atoms with Crippen molar-refractivity contribution in [3.8, 4) is 0 Å². The summed E-state index contributed by atoms with van der Waals surface area (Å²) < 4.78 is 0. The zero-order chi connectivity index (χ0) is 15.5. The molecule has 21 heavy (non-hydrogen) atoms. The molecule has 0 radical (unpaired) electrons. The first-order valence-electron chi connectivity index (χ1n) is 7.98. The summed E-state index contributed by atoms with van der Waals surface area (Å²) in [5.41, 5.74) is 1.68. The van der Waals surface area contributed by atoms with Gasteiger partial charge in [0.25, 0.3) is 0 Å². The van der Waals surface area contributed by atoms with Gasteiger partial charge < -0.3 is 10.6 Å². The fourth-order valence-corrected chi connectivity index (χ4v) is 4.05. The fraction of sp³-hybridized carbons (Fsp3) is 0.611. The van der Waals surface area contributed by atoms with Crippen molar-refractivity contribution >= 4 is 17.3 Å². The van der Waals surface area contributed by atoms with Gasteiger partial charge in [-0.2, -0.15) is 0 Å². The molecule has 3 heteroatoms. The molecule has 1 fully saturated rings. The first-order valence-corrected chi connectivity index (χ1v) is 8.38. The molecule has 0 aromatic heterocycles. The van der Waals surface area contributed by atoms with E-state index in [1.807, 2.05) is 6.07 Å². The van der Waals surface area contributed by atoms with Crippen LogP contribution in [-0.4, -0.2) is 11.2 Å². The Morgan fingerprint density at radius 1 is 1.24 bits per heavy atom. The molecule has 116 valence electrons. The van der Waals surface area contributed by atoms with E-state index in [4.69, 9.17) is 12.2 Å². The average molecular weight is 305 g/mol. The van der Waals surface area contributed by atoms with Gasteiger partial charge in [0.15, 0.2) is 5.11 Å². The molecule has 2 N–H and O–H groups in total. The number of nitrogens with one attached hydrogen (secondary N) is 2. The summed E-state index contributed by atoms with van der Waals surface area (Å²) in [6, 6.07) is 11.2. The van der Waals surface area contributed by atoms with Crippen LogP contribution < -0.4 is 10.6 Å². The third-order valence-electron chi connectivity index (χ3n) is 4.37. The van der Waals surface area contributed by atoms with E-state index in [2.05, 4.69) is 62.6 Å². The van der Waals surface area contributed by atoms with Crippen LogP contribution in [0.1, 0.15) is 58.6 Å². The Labute approximate surface area is 134 Å². The van der Waals surface area contributed by atoms with Gasteiger partial charge in [-0.05, 0) is 55.3 Å². The highest BCUT2D eigenvalue weighted by atomic mass is 32.1. The molecule has 1 aliphatic rings. The van der Waals surface area contributed by atoms with Crippen LogP contribution in [0.2, 0.25) is 0 Å². The standard InChI is InChI=1S/C18H28N2S/c1-13-10-16(12-18(3,4)11-13)20-17(21)19-14(2)15-8-6-5-7-9-15/h5-9,13-14,16H,10-12H2,1-4H3,(H2,19,20,21). The molecule has 2 nitrogen and oxygen atoms in total. The van der Waals surface area contributed by atoms with Crippen LogP contribution in [0, 0.1) is 11.3 Å². The van der Waals surface area contributed by atoms with Crippen molar-refractivity contribution in [1.82, 2.24) is 10.6 Å². The van der Waals surface area contributed by atoms with Gasteiger partial charge in [-0.25, -0.2) is 0 Å². The van der Waals surface area contributed by atoms with E-state index in [9.17, 15) is 0 Å². The van der Waals surface area contributed by atoms with Crippen molar-refractivity contribution in [2.45, 2.75) is 59.0 Å². The molecule has 0 amide bonds. The average Bonchev–Trinajstić information content (AvgIpc) is 2.36. The summed E-state index contributed by atoms with van der Waals surface area (Å²) >= 11 is 5.50. The summed E-state index contributed by atoms with van der Waals surface area (Å²) in [7, 11) is 0. The van der Waals surface area contributed by atoms with Crippen LogP contribution in [0.5, 0.6) is 0 Å². The van der Waals surface area contributed by atoms with Gasteiger partial charge in [0.1, 0.15) is 0 Å². The van der Waals surface area contributed by atoms with E-state index in [1.54, 1.807) is 0 Å². The molecular formula is C18H28N2S. The molecule has 1 saturated carbocycles. The van der Waals surface area contributed by atoms with Crippen molar-refractivity contribution in [2.24, 2.45) is 11.3 Å². The maximum atomic E-state index is 5.50. The minimum atomic E-state index is 0.236. The Kier molecular flexibility index (Phi) is 5.26. The lowest BCUT2D eigenvalue weighted by Crippen LogP contribution is -2.47. The van der Waals surface area contributed by atoms with Crippen LogP contribution in [0.25, 0.3) is 0 Å². The highest BCUT2D eigenvalue weighted by Gasteiger charge is 2.32. The molecule has 1 aromatic carbocycles. The van der Waals surface area contributed by atoms with Crippen molar-refractivity contribution in [2.75, 3.05) is 0 Å². The largest absolute Gasteiger partial charge is 0.360 e. The van der Waals surface area contributed by atoms with E-state index < -0.39 is 0 Å². The topological polar surface area (TPSA) is 24.1 Å². The van der Waals surface area contributed by atoms with Crippen LogP contribution in [-0.2, 0) is 0 Å². The fourth-order valence-electron chi connectivity index (χ4n) is 3.70. The Bertz CT molecular complexity index is 469. The number of hydrogen-bond donors (Lipinski definition) is 2. The lowest BCUT2D eigenvalue weighted by molar-refractivity contribution is 0.161. The zero-order valence-corrected chi connectivity index (χ0v) is 14.5. The van der Waals surface area contributed by atoms with E-state index in [1.165, 1.54) is 24.8 Å². The van der Waals surface area contributed by atoms with Crippen molar-refractivity contribution < 1.29 is 0 Å². The highest BCUT2D eigenvalue weighted by Crippen LogP contribution is 2.38. The second-order valence-electron chi connectivity index (χ2n) is 7.36. The summed E-state index contributed by atoms with van der Waals surface area (Å²) in [6.07, 6.45) is 3.72. The van der Waals surface area contributed by atoms with Crippen molar-refractivity contribution in [3.63, 3.8) is 0 Å². The lowest BCUT2D eigenvalue weighted by Gasteiger charge is -2.39. The molecule has 0 heterocycles. The highest BCUT2D eigenvalue weighted by molar-refractivity contribution is 7.80. The quantitative estimate of drug-likeness (QED) is 0.808. The molecule has 1 aromatic rings. The lowest BCUT2D eigenvalue weighted by atomic mass is 9.71. The second-order valence-corrected chi connectivity index (χ2v) is 7.77.